The SMILES string of the molecule is CCCCC1CCC(C(=O)Nc2c3c(nn2CC(=O)NCc2ccco2)CSC3)CC1. The fraction of sp³-hybridized carbons (Fsp3) is 0.609. The van der Waals surface area contributed by atoms with E-state index in [1.54, 1.807) is 28.8 Å². The molecule has 2 aromatic rings. The largest absolute Gasteiger partial charge is 0.467 e. The topological polar surface area (TPSA) is 89.2 Å². The number of amides is 2. The van der Waals surface area contributed by atoms with E-state index in [1.165, 1.54) is 19.3 Å². The van der Waals surface area contributed by atoms with Crippen molar-refractivity contribution in [3.05, 3.63) is 35.4 Å². The third kappa shape index (κ3) is 5.53. The Bertz CT molecular complexity index is 885. The molecule has 0 atom stereocenters. The Morgan fingerprint density at radius 2 is 2.10 bits per heavy atom. The van der Waals surface area contributed by atoms with Crippen LogP contribution in [0.2, 0.25) is 0 Å². The van der Waals surface area contributed by atoms with Crippen LogP contribution in [0.5, 0.6) is 0 Å². The van der Waals surface area contributed by atoms with E-state index in [1.807, 2.05) is 6.07 Å². The summed E-state index contributed by atoms with van der Waals surface area (Å²) in [5.41, 5.74) is 2.04. The fourth-order valence-electron chi connectivity index (χ4n) is 4.54. The highest BCUT2D eigenvalue weighted by molar-refractivity contribution is 7.98. The fourth-order valence-corrected chi connectivity index (χ4v) is 5.57. The van der Waals surface area contributed by atoms with E-state index >= 15 is 0 Å². The van der Waals surface area contributed by atoms with Crippen molar-refractivity contribution in [3.8, 4) is 0 Å². The molecule has 2 N–H and O–H groups in total. The van der Waals surface area contributed by atoms with Crippen LogP contribution in [0.15, 0.2) is 22.8 Å². The van der Waals surface area contributed by atoms with Crippen LogP contribution < -0.4 is 10.6 Å². The molecule has 31 heavy (non-hydrogen) atoms. The van der Waals surface area contributed by atoms with Crippen molar-refractivity contribution in [2.45, 2.75) is 76.5 Å². The second-order valence-electron chi connectivity index (χ2n) is 8.63. The highest BCUT2D eigenvalue weighted by atomic mass is 32.2. The Morgan fingerprint density at radius 1 is 1.26 bits per heavy atom. The normalized spacial score (nSPS) is 20.4. The first-order valence-electron chi connectivity index (χ1n) is 11.4. The van der Waals surface area contributed by atoms with Gasteiger partial charge in [0.25, 0.3) is 0 Å². The van der Waals surface area contributed by atoms with Gasteiger partial charge >= 0.3 is 0 Å². The molecule has 0 spiro atoms. The number of fused-ring (bicyclic) bond motifs is 1. The van der Waals surface area contributed by atoms with Gasteiger partial charge in [-0.15, -0.1) is 0 Å². The zero-order valence-corrected chi connectivity index (χ0v) is 19.0. The van der Waals surface area contributed by atoms with Crippen LogP contribution in [0, 0.1) is 11.8 Å². The lowest BCUT2D eigenvalue weighted by atomic mass is 9.79. The minimum atomic E-state index is -0.155. The number of hydrogen-bond acceptors (Lipinski definition) is 5. The molecule has 0 saturated heterocycles. The van der Waals surface area contributed by atoms with Crippen molar-refractivity contribution >= 4 is 29.4 Å². The summed E-state index contributed by atoms with van der Waals surface area (Å²) in [5.74, 6) is 3.79. The molecule has 4 rings (SSSR count). The van der Waals surface area contributed by atoms with Gasteiger partial charge in [0.1, 0.15) is 18.1 Å². The molecule has 0 radical (unpaired) electrons. The van der Waals surface area contributed by atoms with Crippen LogP contribution in [0.4, 0.5) is 5.82 Å². The van der Waals surface area contributed by atoms with Gasteiger partial charge in [-0.05, 0) is 43.7 Å². The first-order valence-corrected chi connectivity index (χ1v) is 12.6. The molecule has 2 amide bonds. The molecular weight excluding hydrogens is 412 g/mol. The monoisotopic (exact) mass is 444 g/mol. The molecule has 0 bridgehead atoms. The Kier molecular flexibility index (Phi) is 7.37. The molecular formula is C23H32N4O3S. The maximum atomic E-state index is 13.0. The van der Waals surface area contributed by atoms with Gasteiger partial charge < -0.3 is 15.1 Å². The number of unbranched alkanes of at least 4 members (excludes halogenated alkanes) is 1. The zero-order chi connectivity index (χ0) is 21.6. The highest BCUT2D eigenvalue weighted by Crippen LogP contribution is 2.36. The summed E-state index contributed by atoms with van der Waals surface area (Å²) < 4.78 is 6.92. The third-order valence-corrected chi connectivity index (χ3v) is 7.35. The number of rotatable bonds is 9. The minimum Gasteiger partial charge on any atom is -0.467 e. The average molecular weight is 445 g/mol. The second-order valence-corrected chi connectivity index (χ2v) is 9.62. The second kappa shape index (κ2) is 10.4. The average Bonchev–Trinajstić information content (AvgIpc) is 3.51. The van der Waals surface area contributed by atoms with Gasteiger partial charge in [-0.3, -0.25) is 9.59 Å². The molecule has 2 aliphatic rings. The van der Waals surface area contributed by atoms with Crippen molar-refractivity contribution < 1.29 is 14.0 Å². The molecule has 1 fully saturated rings. The summed E-state index contributed by atoms with van der Waals surface area (Å²) in [6, 6.07) is 3.62. The van der Waals surface area contributed by atoms with E-state index in [0.717, 1.165) is 54.4 Å². The Balaban J connectivity index is 1.36. The summed E-state index contributed by atoms with van der Waals surface area (Å²) in [6.45, 7) is 2.65. The van der Waals surface area contributed by atoms with Gasteiger partial charge in [0.2, 0.25) is 11.8 Å². The van der Waals surface area contributed by atoms with Crippen molar-refractivity contribution in [2.75, 3.05) is 5.32 Å². The molecule has 2 aromatic heterocycles. The quantitative estimate of drug-likeness (QED) is 0.595. The van der Waals surface area contributed by atoms with Crippen LogP contribution in [-0.4, -0.2) is 21.6 Å². The number of carbonyl (C=O) groups excluding carboxylic acids is 2. The maximum absolute atomic E-state index is 13.0. The summed E-state index contributed by atoms with van der Waals surface area (Å²) >= 11 is 1.79. The molecule has 1 saturated carbocycles. The molecule has 0 unspecified atom stereocenters. The number of thioether (sulfide) groups is 1. The van der Waals surface area contributed by atoms with E-state index in [0.29, 0.717) is 18.1 Å². The number of furan rings is 1. The molecule has 1 aliphatic carbocycles. The first-order chi connectivity index (χ1) is 15.1. The summed E-state index contributed by atoms with van der Waals surface area (Å²) in [6.07, 6.45) is 9.58. The van der Waals surface area contributed by atoms with Crippen LogP contribution in [0.3, 0.4) is 0 Å². The highest BCUT2D eigenvalue weighted by Gasteiger charge is 2.29. The number of anilines is 1. The van der Waals surface area contributed by atoms with Gasteiger partial charge in [0.15, 0.2) is 0 Å². The van der Waals surface area contributed by atoms with Crippen molar-refractivity contribution in [1.29, 1.82) is 0 Å². The van der Waals surface area contributed by atoms with E-state index in [2.05, 4.69) is 22.7 Å². The maximum Gasteiger partial charge on any atom is 0.242 e. The molecule has 3 heterocycles. The predicted molar refractivity (Wildman–Crippen MR) is 121 cm³/mol. The van der Waals surface area contributed by atoms with Crippen LogP contribution in [0.1, 0.15) is 68.9 Å². The lowest BCUT2D eigenvalue weighted by Crippen LogP contribution is -2.31. The van der Waals surface area contributed by atoms with Crippen LogP contribution in [-0.2, 0) is 34.2 Å². The van der Waals surface area contributed by atoms with Crippen molar-refractivity contribution in [1.82, 2.24) is 15.1 Å². The molecule has 0 aromatic carbocycles. The molecule has 7 nitrogen and oxygen atoms in total. The Labute approximate surface area is 187 Å². The Morgan fingerprint density at radius 3 is 2.84 bits per heavy atom. The number of nitrogens with one attached hydrogen (secondary N) is 2. The Hall–Kier alpha value is -2.22. The van der Waals surface area contributed by atoms with E-state index < -0.39 is 0 Å². The summed E-state index contributed by atoms with van der Waals surface area (Å²) in [5, 5.41) is 10.6. The number of nitrogens with zero attached hydrogens (tertiary/aromatic N) is 2. The van der Waals surface area contributed by atoms with Crippen LogP contribution >= 0.6 is 11.8 Å². The van der Waals surface area contributed by atoms with Gasteiger partial charge in [0.05, 0.1) is 18.5 Å². The lowest BCUT2D eigenvalue weighted by molar-refractivity contribution is -0.123. The number of carbonyl (C=O) groups is 2. The van der Waals surface area contributed by atoms with Crippen molar-refractivity contribution in [2.24, 2.45) is 11.8 Å². The molecule has 8 heteroatoms. The number of aromatic nitrogens is 2. The standard InChI is InChI=1S/C23H32N4O3S/c1-2-3-5-16-7-9-17(10-8-16)23(29)25-22-19-14-31-15-20(19)26-27(22)13-21(28)24-12-18-6-4-11-30-18/h4,6,11,16-17H,2-3,5,7-10,12-15H2,1H3,(H,24,28)(H,25,29). The van der Waals surface area contributed by atoms with E-state index in [9.17, 15) is 9.59 Å². The summed E-state index contributed by atoms with van der Waals surface area (Å²) in [4.78, 5) is 25.5. The van der Waals surface area contributed by atoms with E-state index in [-0.39, 0.29) is 24.3 Å². The van der Waals surface area contributed by atoms with Gasteiger partial charge in [-0.2, -0.15) is 16.9 Å². The molecule has 1 aliphatic heterocycles. The van der Waals surface area contributed by atoms with Gasteiger partial charge in [0, 0.05) is 23.0 Å². The number of hydrogen-bond donors (Lipinski definition) is 2. The zero-order valence-electron chi connectivity index (χ0n) is 18.2. The summed E-state index contributed by atoms with van der Waals surface area (Å²) in [7, 11) is 0. The van der Waals surface area contributed by atoms with Crippen LogP contribution in [0.25, 0.3) is 0 Å². The third-order valence-electron chi connectivity index (χ3n) is 6.38. The predicted octanol–water partition coefficient (Wildman–Crippen LogP) is 4.47. The lowest BCUT2D eigenvalue weighted by Gasteiger charge is -2.27. The molecule has 168 valence electrons. The van der Waals surface area contributed by atoms with Gasteiger partial charge in [-0.1, -0.05) is 26.2 Å². The van der Waals surface area contributed by atoms with E-state index in [4.69, 9.17) is 4.42 Å². The van der Waals surface area contributed by atoms with Crippen molar-refractivity contribution in [3.63, 3.8) is 0 Å². The smallest absolute Gasteiger partial charge is 0.242 e. The van der Waals surface area contributed by atoms with Gasteiger partial charge in [-0.25, -0.2) is 4.68 Å². The minimum absolute atomic E-state index is 0.0544. The first kappa shape index (κ1) is 22.0.